The molecule has 2 rings (SSSR count). The molecule has 7 heteroatoms. The zero-order valence-electron chi connectivity index (χ0n) is 14.5. The van der Waals surface area contributed by atoms with Crippen molar-refractivity contribution in [2.24, 2.45) is 5.92 Å². The summed E-state index contributed by atoms with van der Waals surface area (Å²) in [5, 5.41) is 5.03. The van der Waals surface area contributed by atoms with Crippen LogP contribution in [0.2, 0.25) is 0 Å². The van der Waals surface area contributed by atoms with Gasteiger partial charge >= 0.3 is 12.0 Å². The molecule has 0 aromatic heterocycles. The molecule has 0 spiro atoms. The smallest absolute Gasteiger partial charge is 0.339 e. The van der Waals surface area contributed by atoms with Crippen molar-refractivity contribution in [3.05, 3.63) is 29.8 Å². The second-order valence-electron chi connectivity index (χ2n) is 6.17. The van der Waals surface area contributed by atoms with E-state index in [9.17, 15) is 14.4 Å². The van der Waals surface area contributed by atoms with Gasteiger partial charge in [0.25, 0.3) is 5.91 Å². The first-order chi connectivity index (χ1) is 12.0. The molecule has 1 aromatic rings. The van der Waals surface area contributed by atoms with Gasteiger partial charge in [-0.3, -0.25) is 10.1 Å². The van der Waals surface area contributed by atoms with Gasteiger partial charge in [-0.15, -0.1) is 11.8 Å². The Morgan fingerprint density at radius 1 is 1.20 bits per heavy atom. The largest absolute Gasteiger partial charge is 0.452 e. The molecule has 0 bridgehead atoms. The Kier molecular flexibility index (Phi) is 7.31. The van der Waals surface area contributed by atoms with E-state index < -0.39 is 24.5 Å². The van der Waals surface area contributed by atoms with Crippen LogP contribution in [0.5, 0.6) is 0 Å². The van der Waals surface area contributed by atoms with Crippen LogP contribution >= 0.6 is 11.8 Å². The van der Waals surface area contributed by atoms with Gasteiger partial charge in [0, 0.05) is 10.9 Å². The van der Waals surface area contributed by atoms with Crippen molar-refractivity contribution in [2.45, 2.75) is 43.5 Å². The van der Waals surface area contributed by atoms with Crippen molar-refractivity contribution in [1.29, 1.82) is 0 Å². The Bertz CT molecular complexity index is 635. The van der Waals surface area contributed by atoms with Crippen LogP contribution in [-0.2, 0) is 9.53 Å². The van der Waals surface area contributed by atoms with E-state index >= 15 is 0 Å². The first-order valence-corrected chi connectivity index (χ1v) is 9.64. The third-order valence-electron chi connectivity index (χ3n) is 4.34. The lowest BCUT2D eigenvalue weighted by atomic mass is 9.86. The van der Waals surface area contributed by atoms with Crippen molar-refractivity contribution in [3.63, 3.8) is 0 Å². The lowest BCUT2D eigenvalue weighted by molar-refractivity contribution is -0.123. The third kappa shape index (κ3) is 5.77. The van der Waals surface area contributed by atoms with Crippen LogP contribution in [0.4, 0.5) is 4.79 Å². The highest BCUT2D eigenvalue weighted by Crippen LogP contribution is 2.23. The lowest BCUT2D eigenvalue weighted by Crippen LogP contribution is -2.48. The summed E-state index contributed by atoms with van der Waals surface area (Å²) in [4.78, 5) is 36.5. The van der Waals surface area contributed by atoms with Gasteiger partial charge in [-0.2, -0.15) is 0 Å². The summed E-state index contributed by atoms with van der Waals surface area (Å²) in [5.74, 6) is -0.826. The fraction of sp³-hybridized carbons (Fsp3) is 0.500. The summed E-state index contributed by atoms with van der Waals surface area (Å²) in [7, 11) is 0. The fourth-order valence-electron chi connectivity index (χ4n) is 2.92. The Morgan fingerprint density at radius 3 is 2.64 bits per heavy atom. The molecule has 1 aliphatic carbocycles. The molecule has 1 aromatic carbocycles. The van der Waals surface area contributed by atoms with Gasteiger partial charge in [-0.1, -0.05) is 31.9 Å². The summed E-state index contributed by atoms with van der Waals surface area (Å²) in [6.45, 7) is 1.60. The van der Waals surface area contributed by atoms with Gasteiger partial charge in [0.05, 0.1) is 5.56 Å². The lowest BCUT2D eigenvalue weighted by Gasteiger charge is -2.29. The number of hydrogen-bond donors (Lipinski definition) is 2. The number of carbonyl (C=O) groups is 3. The Hall–Kier alpha value is -2.02. The number of benzene rings is 1. The highest BCUT2D eigenvalue weighted by molar-refractivity contribution is 7.98. The maximum Gasteiger partial charge on any atom is 0.339 e. The molecule has 0 radical (unpaired) electrons. The highest BCUT2D eigenvalue weighted by atomic mass is 32.2. The summed E-state index contributed by atoms with van der Waals surface area (Å²) in [5.41, 5.74) is 0.406. The highest BCUT2D eigenvalue weighted by Gasteiger charge is 2.23. The van der Waals surface area contributed by atoms with Crippen molar-refractivity contribution < 1.29 is 19.1 Å². The molecule has 0 aliphatic heterocycles. The number of rotatable bonds is 5. The van der Waals surface area contributed by atoms with Gasteiger partial charge in [0.15, 0.2) is 6.61 Å². The summed E-state index contributed by atoms with van der Waals surface area (Å²) in [6.07, 6.45) is 6.10. The predicted octanol–water partition coefficient (Wildman–Crippen LogP) is 2.97. The number of esters is 1. The van der Waals surface area contributed by atoms with Crippen LogP contribution in [0, 0.1) is 5.92 Å². The van der Waals surface area contributed by atoms with Crippen LogP contribution in [0.3, 0.4) is 0 Å². The van der Waals surface area contributed by atoms with E-state index in [2.05, 4.69) is 17.6 Å². The van der Waals surface area contributed by atoms with Crippen LogP contribution in [0.15, 0.2) is 29.2 Å². The number of urea groups is 1. The molecule has 2 N–H and O–H groups in total. The summed E-state index contributed by atoms with van der Waals surface area (Å²) in [6, 6.07) is 6.55. The SMILES string of the molecule is CSc1ccccc1C(=O)OCC(=O)NC(=O)N[C@@H]1CCCC[C@@H]1C. The van der Waals surface area contributed by atoms with Crippen LogP contribution in [0.25, 0.3) is 0 Å². The molecule has 136 valence electrons. The molecule has 1 saturated carbocycles. The minimum Gasteiger partial charge on any atom is -0.452 e. The summed E-state index contributed by atoms with van der Waals surface area (Å²) >= 11 is 1.42. The topological polar surface area (TPSA) is 84.5 Å². The molecule has 0 unspecified atom stereocenters. The van der Waals surface area contributed by atoms with E-state index in [-0.39, 0.29) is 6.04 Å². The molecular formula is C18H24N2O4S. The minimum absolute atomic E-state index is 0.0811. The number of thioether (sulfide) groups is 1. The van der Waals surface area contributed by atoms with Crippen molar-refractivity contribution in [1.82, 2.24) is 10.6 Å². The Balaban J connectivity index is 1.78. The molecule has 1 aliphatic rings. The number of ether oxygens (including phenoxy) is 1. The van der Waals surface area contributed by atoms with E-state index in [1.807, 2.05) is 12.3 Å². The number of carbonyl (C=O) groups excluding carboxylic acids is 3. The van der Waals surface area contributed by atoms with Gasteiger partial charge in [-0.05, 0) is 37.1 Å². The van der Waals surface area contributed by atoms with Gasteiger partial charge in [0.2, 0.25) is 0 Å². The van der Waals surface area contributed by atoms with Crippen molar-refractivity contribution in [3.8, 4) is 0 Å². The molecule has 3 amide bonds. The molecule has 0 heterocycles. The molecule has 1 fully saturated rings. The van der Waals surface area contributed by atoms with E-state index in [0.717, 1.165) is 24.2 Å². The first-order valence-electron chi connectivity index (χ1n) is 8.41. The molecular weight excluding hydrogens is 340 g/mol. The van der Waals surface area contributed by atoms with E-state index in [1.54, 1.807) is 18.2 Å². The second kappa shape index (κ2) is 9.46. The van der Waals surface area contributed by atoms with Gasteiger partial charge in [-0.25, -0.2) is 9.59 Å². The minimum atomic E-state index is -0.643. The maximum atomic E-state index is 12.1. The predicted molar refractivity (Wildman–Crippen MR) is 96.6 cm³/mol. The molecule has 6 nitrogen and oxygen atoms in total. The standard InChI is InChI=1S/C18H24N2O4S/c1-12-7-3-5-9-14(12)19-18(23)20-16(21)11-24-17(22)13-8-4-6-10-15(13)25-2/h4,6,8,10,12,14H,3,5,7,9,11H2,1-2H3,(H2,19,20,21,23)/t12-,14+/m0/s1. The Labute approximate surface area is 152 Å². The molecule has 0 saturated heterocycles. The van der Waals surface area contributed by atoms with Crippen molar-refractivity contribution >= 4 is 29.7 Å². The zero-order chi connectivity index (χ0) is 18.2. The zero-order valence-corrected chi connectivity index (χ0v) is 15.4. The first kappa shape index (κ1) is 19.3. The van der Waals surface area contributed by atoms with Crippen LogP contribution in [0.1, 0.15) is 43.0 Å². The maximum absolute atomic E-state index is 12.1. The van der Waals surface area contributed by atoms with Crippen molar-refractivity contribution in [2.75, 3.05) is 12.9 Å². The monoisotopic (exact) mass is 364 g/mol. The average Bonchev–Trinajstić information content (AvgIpc) is 2.61. The fourth-order valence-corrected chi connectivity index (χ4v) is 3.51. The summed E-state index contributed by atoms with van der Waals surface area (Å²) < 4.78 is 5.00. The Morgan fingerprint density at radius 2 is 1.92 bits per heavy atom. The van der Waals surface area contributed by atoms with Crippen LogP contribution < -0.4 is 10.6 Å². The third-order valence-corrected chi connectivity index (χ3v) is 5.14. The normalized spacial score (nSPS) is 19.8. The quantitative estimate of drug-likeness (QED) is 0.620. The molecule has 25 heavy (non-hydrogen) atoms. The number of imide groups is 1. The van der Waals surface area contributed by atoms with Gasteiger partial charge in [0.1, 0.15) is 0 Å². The van der Waals surface area contributed by atoms with E-state index in [4.69, 9.17) is 4.74 Å². The van der Waals surface area contributed by atoms with E-state index in [1.165, 1.54) is 18.2 Å². The number of amides is 3. The number of hydrogen-bond acceptors (Lipinski definition) is 5. The molecule has 2 atom stereocenters. The van der Waals surface area contributed by atoms with Crippen LogP contribution in [-0.4, -0.2) is 36.8 Å². The van der Waals surface area contributed by atoms with Gasteiger partial charge < -0.3 is 10.1 Å². The number of nitrogens with one attached hydrogen (secondary N) is 2. The van der Waals surface area contributed by atoms with E-state index in [0.29, 0.717) is 11.5 Å². The average molecular weight is 364 g/mol. The second-order valence-corrected chi connectivity index (χ2v) is 7.01.